The summed E-state index contributed by atoms with van der Waals surface area (Å²) in [5.41, 5.74) is -0.597. The van der Waals surface area contributed by atoms with Gasteiger partial charge in [-0.15, -0.1) is 0 Å². The van der Waals surface area contributed by atoms with Crippen LogP contribution in [0.3, 0.4) is 0 Å². The third-order valence-corrected chi connectivity index (χ3v) is 4.64. The Morgan fingerprint density at radius 3 is 2.45 bits per heavy atom. The van der Waals surface area contributed by atoms with Crippen molar-refractivity contribution in [2.24, 2.45) is 0 Å². The van der Waals surface area contributed by atoms with Crippen molar-refractivity contribution in [2.45, 2.75) is 6.18 Å². The van der Waals surface area contributed by atoms with E-state index in [0.717, 1.165) is 18.2 Å². The molecule has 0 saturated carbocycles. The highest BCUT2D eigenvalue weighted by molar-refractivity contribution is 8.19. The molecule has 1 aliphatic rings. The number of thioether (sulfide) groups is 1. The van der Waals surface area contributed by atoms with Crippen molar-refractivity contribution in [1.82, 2.24) is 0 Å². The van der Waals surface area contributed by atoms with Gasteiger partial charge in [0.2, 0.25) is 0 Å². The molecule has 2 aromatic carbocycles. The van der Waals surface area contributed by atoms with E-state index in [4.69, 9.17) is 9.84 Å². The fraction of sp³-hybridized carbons (Fsp3) is 0.105. The second-order valence-electron chi connectivity index (χ2n) is 5.82. The number of alkyl halides is 3. The van der Waals surface area contributed by atoms with E-state index in [9.17, 15) is 27.6 Å². The first kappa shape index (κ1) is 20.5. The minimum absolute atomic E-state index is 0.0478. The van der Waals surface area contributed by atoms with Gasteiger partial charge in [-0.2, -0.15) is 13.2 Å². The molecule has 0 unspecified atom stereocenters. The van der Waals surface area contributed by atoms with E-state index >= 15 is 0 Å². The van der Waals surface area contributed by atoms with Crippen LogP contribution in [0, 0.1) is 0 Å². The van der Waals surface area contributed by atoms with Crippen LogP contribution in [0.1, 0.15) is 11.1 Å². The highest BCUT2D eigenvalue weighted by atomic mass is 32.2. The van der Waals surface area contributed by atoms with E-state index in [2.05, 4.69) is 0 Å². The number of imide groups is 1. The number of anilines is 1. The Morgan fingerprint density at radius 1 is 1.14 bits per heavy atom. The molecule has 2 aromatic rings. The Labute approximate surface area is 166 Å². The monoisotopic (exact) mass is 423 g/mol. The number of hydrogen-bond donors (Lipinski definition) is 1. The van der Waals surface area contributed by atoms with E-state index in [1.807, 2.05) is 0 Å². The number of carboxylic acids is 1. The van der Waals surface area contributed by atoms with Crippen molar-refractivity contribution in [1.29, 1.82) is 0 Å². The topological polar surface area (TPSA) is 83.9 Å². The van der Waals surface area contributed by atoms with Crippen molar-refractivity contribution in [2.75, 3.05) is 11.5 Å². The molecule has 1 N–H and O–H groups in total. The molecule has 0 radical (unpaired) electrons. The maximum absolute atomic E-state index is 12.9. The number of rotatable bonds is 5. The second kappa shape index (κ2) is 8.00. The van der Waals surface area contributed by atoms with Gasteiger partial charge in [0, 0.05) is 0 Å². The molecule has 1 heterocycles. The standard InChI is InChI=1S/C19H12F3NO5S/c20-19(21,22)12-2-1-3-13(9-12)23-17(26)15(29-18(23)27)8-11-4-6-14(7-5-11)28-10-16(24)25/h1-9H,10H2,(H,24,25)/b15-8+. The van der Waals surface area contributed by atoms with Gasteiger partial charge in [-0.3, -0.25) is 9.59 Å². The average Bonchev–Trinajstić information content (AvgIpc) is 2.94. The molecule has 0 atom stereocenters. The summed E-state index contributed by atoms with van der Waals surface area (Å²) in [4.78, 5) is 36.0. The first-order valence-electron chi connectivity index (χ1n) is 8.05. The van der Waals surface area contributed by atoms with Crippen LogP contribution in [0.4, 0.5) is 23.7 Å². The first-order chi connectivity index (χ1) is 13.6. The fourth-order valence-electron chi connectivity index (χ4n) is 2.47. The van der Waals surface area contributed by atoms with Gasteiger partial charge in [0.15, 0.2) is 6.61 Å². The molecule has 0 aliphatic carbocycles. The molecule has 0 bridgehead atoms. The Morgan fingerprint density at radius 2 is 1.83 bits per heavy atom. The molecule has 0 spiro atoms. The molecular formula is C19H12F3NO5S. The fourth-order valence-corrected chi connectivity index (χ4v) is 3.31. The van der Waals surface area contributed by atoms with Crippen LogP contribution in [0.15, 0.2) is 53.4 Å². The van der Waals surface area contributed by atoms with E-state index < -0.39 is 35.5 Å². The van der Waals surface area contributed by atoms with Gasteiger partial charge in [0.25, 0.3) is 11.1 Å². The van der Waals surface area contributed by atoms with Crippen LogP contribution in [-0.2, 0) is 15.8 Å². The van der Waals surface area contributed by atoms with Gasteiger partial charge in [-0.1, -0.05) is 18.2 Å². The number of amides is 2. The SMILES string of the molecule is O=C(O)COc1ccc(/C=C2/SC(=O)N(c3cccc(C(F)(F)F)c3)C2=O)cc1. The summed E-state index contributed by atoms with van der Waals surface area (Å²) in [7, 11) is 0. The summed E-state index contributed by atoms with van der Waals surface area (Å²) >= 11 is 0.612. The van der Waals surface area contributed by atoms with Gasteiger partial charge >= 0.3 is 12.1 Å². The highest BCUT2D eigenvalue weighted by Crippen LogP contribution is 2.38. The van der Waals surface area contributed by atoms with Crippen LogP contribution in [-0.4, -0.2) is 28.8 Å². The minimum Gasteiger partial charge on any atom is -0.482 e. The number of benzene rings is 2. The summed E-state index contributed by atoms with van der Waals surface area (Å²) in [6.07, 6.45) is -3.18. The summed E-state index contributed by atoms with van der Waals surface area (Å²) in [6.45, 7) is -0.505. The van der Waals surface area contributed by atoms with E-state index in [-0.39, 0.29) is 10.6 Å². The molecule has 150 valence electrons. The van der Waals surface area contributed by atoms with Gasteiger partial charge in [0.1, 0.15) is 5.75 Å². The van der Waals surface area contributed by atoms with Crippen LogP contribution in [0.2, 0.25) is 0 Å². The first-order valence-corrected chi connectivity index (χ1v) is 8.86. The van der Waals surface area contributed by atoms with Gasteiger partial charge < -0.3 is 9.84 Å². The van der Waals surface area contributed by atoms with Crippen LogP contribution in [0.5, 0.6) is 5.75 Å². The molecule has 3 rings (SSSR count). The number of hydrogen-bond acceptors (Lipinski definition) is 5. The number of aliphatic carboxylic acids is 1. The normalized spacial score (nSPS) is 15.8. The number of carboxylic acid groups (broad SMARTS) is 1. The lowest BCUT2D eigenvalue weighted by molar-refractivity contribution is -0.139. The van der Waals surface area contributed by atoms with E-state index in [1.54, 1.807) is 12.1 Å². The Balaban J connectivity index is 1.81. The molecule has 1 saturated heterocycles. The van der Waals surface area contributed by atoms with Gasteiger partial charge in [-0.05, 0) is 53.7 Å². The molecule has 1 aliphatic heterocycles. The minimum atomic E-state index is -4.60. The summed E-state index contributed by atoms with van der Waals surface area (Å²) < 4.78 is 43.7. The summed E-state index contributed by atoms with van der Waals surface area (Å²) in [5.74, 6) is -1.55. The summed E-state index contributed by atoms with van der Waals surface area (Å²) in [5, 5.41) is 7.87. The smallest absolute Gasteiger partial charge is 0.416 e. The molecule has 2 amide bonds. The number of halogens is 3. The maximum atomic E-state index is 12.9. The van der Waals surface area contributed by atoms with E-state index in [0.29, 0.717) is 28.0 Å². The number of carbonyl (C=O) groups is 3. The molecule has 1 fully saturated rings. The van der Waals surface area contributed by atoms with Crippen LogP contribution >= 0.6 is 11.8 Å². The van der Waals surface area contributed by atoms with Crippen LogP contribution in [0.25, 0.3) is 6.08 Å². The van der Waals surface area contributed by atoms with Crippen molar-refractivity contribution in [3.63, 3.8) is 0 Å². The maximum Gasteiger partial charge on any atom is 0.416 e. The van der Waals surface area contributed by atoms with Gasteiger partial charge in [-0.25, -0.2) is 9.69 Å². The van der Waals surface area contributed by atoms with E-state index in [1.165, 1.54) is 24.3 Å². The third kappa shape index (κ3) is 4.77. The number of carbonyl (C=O) groups excluding carboxylic acids is 2. The number of ether oxygens (including phenoxy) is 1. The zero-order valence-corrected chi connectivity index (χ0v) is 15.3. The second-order valence-corrected chi connectivity index (χ2v) is 6.81. The number of nitrogens with zero attached hydrogens (tertiary/aromatic N) is 1. The van der Waals surface area contributed by atoms with Crippen molar-refractivity contribution in [3.8, 4) is 5.75 Å². The lowest BCUT2D eigenvalue weighted by Crippen LogP contribution is -2.28. The van der Waals surface area contributed by atoms with Crippen molar-refractivity contribution in [3.05, 3.63) is 64.6 Å². The predicted molar refractivity (Wildman–Crippen MR) is 99.5 cm³/mol. The van der Waals surface area contributed by atoms with Crippen molar-refractivity contribution >= 4 is 40.6 Å². The lowest BCUT2D eigenvalue weighted by Gasteiger charge is -2.14. The Hall–Kier alpha value is -3.27. The zero-order chi connectivity index (χ0) is 21.2. The molecule has 0 aromatic heterocycles. The largest absolute Gasteiger partial charge is 0.482 e. The lowest BCUT2D eigenvalue weighted by atomic mass is 10.1. The Kier molecular flexibility index (Phi) is 5.64. The quantitative estimate of drug-likeness (QED) is 0.718. The molecule has 10 heteroatoms. The summed E-state index contributed by atoms with van der Waals surface area (Å²) in [6, 6.07) is 10.1. The Bertz CT molecular complexity index is 1000. The van der Waals surface area contributed by atoms with Crippen molar-refractivity contribution < 1.29 is 37.4 Å². The zero-order valence-electron chi connectivity index (χ0n) is 14.5. The predicted octanol–water partition coefficient (Wildman–Crippen LogP) is 4.41. The average molecular weight is 423 g/mol. The third-order valence-electron chi connectivity index (χ3n) is 3.77. The molecule has 29 heavy (non-hydrogen) atoms. The molecular weight excluding hydrogens is 411 g/mol. The highest BCUT2D eigenvalue weighted by Gasteiger charge is 2.38. The molecule has 6 nitrogen and oxygen atoms in total. The van der Waals surface area contributed by atoms with Crippen LogP contribution < -0.4 is 9.64 Å². The van der Waals surface area contributed by atoms with Gasteiger partial charge in [0.05, 0.1) is 16.2 Å².